The van der Waals surface area contributed by atoms with Crippen LogP contribution in [0.15, 0.2) is 83.8 Å². The third-order valence-corrected chi connectivity index (χ3v) is 7.13. The molecular weight excluding hydrogens is 362 g/mol. The van der Waals surface area contributed by atoms with Crippen LogP contribution in [0, 0.1) is 6.92 Å². The van der Waals surface area contributed by atoms with Crippen LogP contribution in [0.5, 0.6) is 0 Å². The van der Waals surface area contributed by atoms with Gasteiger partial charge < -0.3 is 4.90 Å². The molecule has 0 bridgehead atoms. The fraction of sp³-hybridized carbons (Fsp3) is 0.182. The standard InChI is InChI=1S/C22H20ClNOS/c1-16-8-14-20(15-9-16)26(25)22(2)21(17-10-12-18(23)13-11-17)24(22)19-6-4-3-5-7-19/h3-15,21H,1-2H3/t21-,22-,24?,26-/m1/s1. The van der Waals surface area contributed by atoms with E-state index in [1.54, 1.807) is 0 Å². The zero-order valence-corrected chi connectivity index (χ0v) is 16.3. The van der Waals surface area contributed by atoms with Gasteiger partial charge in [-0.1, -0.05) is 59.6 Å². The summed E-state index contributed by atoms with van der Waals surface area (Å²) < 4.78 is 13.5. The van der Waals surface area contributed by atoms with Gasteiger partial charge in [-0.3, -0.25) is 4.21 Å². The first-order valence-electron chi connectivity index (χ1n) is 8.60. The Hall–Kier alpha value is -2.10. The number of benzene rings is 3. The van der Waals surface area contributed by atoms with E-state index in [1.165, 1.54) is 5.56 Å². The predicted octanol–water partition coefficient (Wildman–Crippen LogP) is 5.73. The van der Waals surface area contributed by atoms with Gasteiger partial charge in [-0.05, 0) is 55.8 Å². The molecule has 0 saturated carbocycles. The molecule has 132 valence electrons. The molecule has 1 aliphatic heterocycles. The second kappa shape index (κ2) is 6.57. The van der Waals surface area contributed by atoms with Gasteiger partial charge in [-0.2, -0.15) is 0 Å². The number of para-hydroxylation sites is 1. The lowest BCUT2D eigenvalue weighted by Gasteiger charge is -2.13. The van der Waals surface area contributed by atoms with E-state index in [0.717, 1.165) is 16.1 Å². The second-order valence-electron chi connectivity index (χ2n) is 6.80. The minimum Gasteiger partial charge on any atom is -0.342 e. The summed E-state index contributed by atoms with van der Waals surface area (Å²) in [6, 6.07) is 26.0. The second-order valence-corrected chi connectivity index (χ2v) is 9.07. The molecule has 3 aromatic carbocycles. The molecule has 4 heteroatoms. The summed E-state index contributed by atoms with van der Waals surface area (Å²) in [5.74, 6) is 0. The highest BCUT2D eigenvalue weighted by molar-refractivity contribution is 7.87. The van der Waals surface area contributed by atoms with Gasteiger partial charge in [0.15, 0.2) is 0 Å². The van der Waals surface area contributed by atoms with Gasteiger partial charge in [0.2, 0.25) is 0 Å². The monoisotopic (exact) mass is 381 g/mol. The van der Waals surface area contributed by atoms with Crippen molar-refractivity contribution in [1.29, 1.82) is 0 Å². The Morgan fingerprint density at radius 2 is 1.54 bits per heavy atom. The molecule has 1 aliphatic rings. The van der Waals surface area contributed by atoms with E-state index in [-0.39, 0.29) is 6.04 Å². The van der Waals surface area contributed by atoms with Crippen molar-refractivity contribution >= 4 is 28.1 Å². The van der Waals surface area contributed by atoms with Crippen LogP contribution in [0.3, 0.4) is 0 Å². The third-order valence-electron chi connectivity index (χ3n) is 5.01. The number of halogens is 1. The maximum Gasteiger partial charge on any atom is 0.143 e. The average molecular weight is 382 g/mol. The van der Waals surface area contributed by atoms with Crippen LogP contribution in [0.4, 0.5) is 5.69 Å². The largest absolute Gasteiger partial charge is 0.342 e. The molecule has 26 heavy (non-hydrogen) atoms. The summed E-state index contributed by atoms with van der Waals surface area (Å²) in [6.45, 7) is 4.12. The number of hydrogen-bond acceptors (Lipinski definition) is 2. The molecule has 4 rings (SSSR count). The molecule has 0 unspecified atom stereocenters. The lowest BCUT2D eigenvalue weighted by Crippen LogP contribution is -2.21. The van der Waals surface area contributed by atoms with E-state index in [2.05, 4.69) is 24.0 Å². The minimum absolute atomic E-state index is 0.0457. The van der Waals surface area contributed by atoms with E-state index in [0.29, 0.717) is 5.02 Å². The van der Waals surface area contributed by atoms with Crippen LogP contribution >= 0.6 is 11.6 Å². The summed E-state index contributed by atoms with van der Waals surface area (Å²) in [7, 11) is -1.17. The van der Waals surface area contributed by atoms with E-state index in [1.807, 2.05) is 73.7 Å². The lowest BCUT2D eigenvalue weighted by atomic mass is 10.1. The fourth-order valence-electron chi connectivity index (χ4n) is 3.56. The molecule has 2 nitrogen and oxygen atoms in total. The van der Waals surface area contributed by atoms with Crippen molar-refractivity contribution in [2.75, 3.05) is 4.90 Å². The van der Waals surface area contributed by atoms with Crippen molar-refractivity contribution in [3.63, 3.8) is 0 Å². The van der Waals surface area contributed by atoms with E-state index >= 15 is 0 Å². The Kier molecular flexibility index (Phi) is 4.37. The number of aryl methyl sites for hydroxylation is 1. The van der Waals surface area contributed by atoms with Crippen LogP contribution in [0.1, 0.15) is 24.1 Å². The smallest absolute Gasteiger partial charge is 0.143 e. The number of anilines is 1. The molecule has 0 radical (unpaired) electrons. The zero-order chi connectivity index (χ0) is 18.3. The maximum absolute atomic E-state index is 13.5. The zero-order valence-electron chi connectivity index (χ0n) is 14.7. The first-order chi connectivity index (χ1) is 12.5. The Morgan fingerprint density at radius 1 is 0.923 bits per heavy atom. The van der Waals surface area contributed by atoms with Crippen LogP contribution in [0.2, 0.25) is 5.02 Å². The Bertz CT molecular complexity index is 940. The summed E-state index contributed by atoms with van der Waals surface area (Å²) >= 11 is 6.06. The van der Waals surface area contributed by atoms with Gasteiger partial charge in [0, 0.05) is 15.6 Å². The molecule has 0 aliphatic carbocycles. The number of nitrogens with zero attached hydrogens (tertiary/aromatic N) is 1. The molecule has 3 aromatic rings. The van der Waals surface area contributed by atoms with Crippen molar-refractivity contribution in [3.8, 4) is 0 Å². The summed E-state index contributed by atoms with van der Waals surface area (Å²) in [4.78, 5) is 2.60. The van der Waals surface area contributed by atoms with Gasteiger partial charge in [-0.25, -0.2) is 0 Å². The van der Waals surface area contributed by atoms with Crippen LogP contribution in [0.25, 0.3) is 0 Å². The minimum atomic E-state index is -1.17. The Balaban J connectivity index is 1.76. The van der Waals surface area contributed by atoms with E-state index in [9.17, 15) is 4.21 Å². The molecule has 0 spiro atoms. The van der Waals surface area contributed by atoms with Crippen LogP contribution in [-0.2, 0) is 10.8 Å². The van der Waals surface area contributed by atoms with Crippen molar-refractivity contribution in [2.24, 2.45) is 0 Å². The molecule has 1 heterocycles. The Morgan fingerprint density at radius 3 is 2.15 bits per heavy atom. The summed E-state index contributed by atoms with van der Waals surface area (Å²) in [6.07, 6.45) is 0. The molecule has 0 aromatic heterocycles. The molecule has 3 atom stereocenters. The van der Waals surface area contributed by atoms with E-state index in [4.69, 9.17) is 11.6 Å². The van der Waals surface area contributed by atoms with Crippen molar-refractivity contribution in [2.45, 2.75) is 29.7 Å². The Labute approximate surface area is 161 Å². The predicted molar refractivity (Wildman–Crippen MR) is 109 cm³/mol. The van der Waals surface area contributed by atoms with Gasteiger partial charge in [0.25, 0.3) is 0 Å². The molecular formula is C22H20ClNOS. The molecule has 1 fully saturated rings. The fourth-order valence-corrected chi connectivity index (χ4v) is 5.33. The van der Waals surface area contributed by atoms with Crippen LogP contribution < -0.4 is 4.90 Å². The average Bonchev–Trinajstić information content (AvgIpc) is 3.30. The van der Waals surface area contributed by atoms with E-state index < -0.39 is 15.7 Å². The highest BCUT2D eigenvalue weighted by Crippen LogP contribution is 2.58. The lowest BCUT2D eigenvalue weighted by molar-refractivity contribution is 0.670. The molecule has 0 N–H and O–H groups in total. The highest BCUT2D eigenvalue weighted by atomic mass is 35.5. The van der Waals surface area contributed by atoms with Crippen LogP contribution in [-0.4, -0.2) is 9.08 Å². The van der Waals surface area contributed by atoms with Gasteiger partial charge in [0.05, 0.1) is 16.8 Å². The quantitative estimate of drug-likeness (QED) is 0.537. The maximum atomic E-state index is 13.5. The SMILES string of the molecule is Cc1ccc([S@@](=O)[C@]2(C)[C@@H](c3ccc(Cl)cc3)N2c2ccccc2)cc1. The van der Waals surface area contributed by atoms with Crippen molar-refractivity contribution < 1.29 is 4.21 Å². The van der Waals surface area contributed by atoms with Crippen molar-refractivity contribution in [1.82, 2.24) is 0 Å². The molecule has 1 saturated heterocycles. The topological polar surface area (TPSA) is 20.1 Å². The first kappa shape index (κ1) is 17.3. The summed E-state index contributed by atoms with van der Waals surface area (Å²) in [5, 5.41) is 0.710. The normalized spacial score (nSPS) is 22.9. The third kappa shape index (κ3) is 2.85. The van der Waals surface area contributed by atoms with Gasteiger partial charge in [-0.15, -0.1) is 0 Å². The van der Waals surface area contributed by atoms with Crippen molar-refractivity contribution in [3.05, 3.63) is 95.0 Å². The van der Waals surface area contributed by atoms with Gasteiger partial charge >= 0.3 is 0 Å². The first-order valence-corrected chi connectivity index (χ1v) is 10.1. The number of rotatable bonds is 4. The highest BCUT2D eigenvalue weighted by Gasteiger charge is 2.64. The summed E-state index contributed by atoms with van der Waals surface area (Å²) in [5.41, 5.74) is 3.37. The molecule has 0 amide bonds. The van der Waals surface area contributed by atoms with Gasteiger partial charge in [0.1, 0.15) is 4.87 Å². The number of hydrogen-bond donors (Lipinski definition) is 0.